The van der Waals surface area contributed by atoms with Gasteiger partial charge in [-0.15, -0.1) is 0 Å². The molecule has 13 rings (SSSR count). The van der Waals surface area contributed by atoms with Crippen LogP contribution < -0.4 is 5.73 Å². The van der Waals surface area contributed by atoms with Crippen LogP contribution in [0.4, 0.5) is 5.69 Å². The molecule has 13 aromatic rings. The summed E-state index contributed by atoms with van der Waals surface area (Å²) in [5.41, 5.74) is 12.5. The lowest BCUT2D eigenvalue weighted by Crippen LogP contribution is -2.34. The molecular formula is C106H120Cl2N2O17S8. The number of carbonyl (C=O) groups is 1. The van der Waals surface area contributed by atoms with Gasteiger partial charge in [0.2, 0.25) is 39.3 Å². The van der Waals surface area contributed by atoms with Crippen molar-refractivity contribution in [3.05, 3.63) is 389 Å². The maximum atomic E-state index is 12.5. The number of nitrogens with zero attached hydrogens (tertiary/aromatic N) is 1. The SMILES string of the molecule is CCCCCCCCCCCCCCCCS(=O)(=O)c1ccc(N)cc1.CCN(CS(=O)(=O)c1ccc(C)cc1)CS(=O)(=O)c1ccc(C)cc1.Cc1ccc(S(=O)(=O)c2ccc(C)cc2)cc1.Cc1ccc(S(=O)(=O)c2ccccc2)cc1.Cc1ccccc1S(=O)(=O)c1ccccc1.O=C(CS(=O)(=O)c1ccccc1)c1ccccc1.O=S(=O)(c1ccc(Cl)cc1)c1ccc(Cl)cc1. The normalized spacial score (nSPS) is 11.6. The Labute approximate surface area is 811 Å². The number of hydrogen-bond donors (Lipinski definition) is 1. The Morgan fingerprint density at radius 2 is 0.504 bits per heavy atom. The number of hydrogen-bond acceptors (Lipinski definition) is 19. The molecule has 0 saturated heterocycles. The van der Waals surface area contributed by atoms with Crippen molar-refractivity contribution >= 4 is 113 Å². The fraction of sp³-hybridized carbons (Fsp3) is 0.255. The number of nitrogens with two attached hydrogens (primary N) is 1. The van der Waals surface area contributed by atoms with Crippen molar-refractivity contribution in [3.63, 3.8) is 0 Å². The predicted molar refractivity (Wildman–Crippen MR) is 544 cm³/mol. The van der Waals surface area contributed by atoms with E-state index in [1.807, 2.05) is 40.7 Å². The van der Waals surface area contributed by atoms with Crippen molar-refractivity contribution in [2.24, 2.45) is 0 Å². The largest absolute Gasteiger partial charge is 0.399 e. The minimum absolute atomic E-state index is 0.175. The molecule has 0 amide bonds. The van der Waals surface area contributed by atoms with E-state index in [1.54, 1.807) is 311 Å². The van der Waals surface area contributed by atoms with Crippen LogP contribution in [0.1, 0.15) is 147 Å². The molecule has 2 N–H and O–H groups in total. The van der Waals surface area contributed by atoms with Crippen LogP contribution >= 0.6 is 23.2 Å². The van der Waals surface area contributed by atoms with Crippen LogP contribution in [0.15, 0.2) is 398 Å². The molecule has 19 nitrogen and oxygen atoms in total. The van der Waals surface area contributed by atoms with Crippen LogP contribution in [0.2, 0.25) is 10.0 Å². The Kier molecular flexibility index (Phi) is 44.9. The Morgan fingerprint density at radius 3 is 0.822 bits per heavy atom. The predicted octanol–water partition coefficient (Wildman–Crippen LogP) is 24.3. The topological polar surface area (TPSA) is 319 Å². The zero-order valence-electron chi connectivity index (χ0n) is 77.3. The summed E-state index contributed by atoms with van der Waals surface area (Å²) >= 11 is 11.4. The summed E-state index contributed by atoms with van der Waals surface area (Å²) in [6.45, 7) is 15.7. The van der Waals surface area contributed by atoms with Gasteiger partial charge in [0, 0.05) is 21.3 Å². The molecule has 135 heavy (non-hydrogen) atoms. The number of carbonyl (C=O) groups excluding carboxylic acids is 1. The summed E-state index contributed by atoms with van der Waals surface area (Å²) in [5.74, 6) is -1.31. The van der Waals surface area contributed by atoms with Crippen LogP contribution in [0, 0.1) is 41.5 Å². The van der Waals surface area contributed by atoms with Gasteiger partial charge in [-0.05, 0) is 236 Å². The molecule has 0 fully saturated rings. The van der Waals surface area contributed by atoms with Crippen LogP contribution in [0.5, 0.6) is 0 Å². The molecule has 718 valence electrons. The quantitative estimate of drug-likeness (QED) is 0.0219. The first kappa shape index (κ1) is 111. The van der Waals surface area contributed by atoms with Gasteiger partial charge in [-0.1, -0.05) is 312 Å². The Hall–Kier alpha value is -10.5. The fourth-order valence-electron chi connectivity index (χ4n) is 13.2. The van der Waals surface area contributed by atoms with E-state index >= 15 is 0 Å². The molecule has 0 spiro atoms. The van der Waals surface area contributed by atoms with Crippen molar-refractivity contribution < 1.29 is 72.1 Å². The molecule has 0 aliphatic carbocycles. The van der Waals surface area contributed by atoms with E-state index in [1.165, 1.54) is 112 Å². The third-order valence-corrected chi connectivity index (χ3v) is 35.8. The highest BCUT2D eigenvalue weighted by molar-refractivity contribution is 7.93. The molecule has 0 radical (unpaired) electrons. The molecule has 0 unspecified atom stereocenters. The lowest BCUT2D eigenvalue weighted by Gasteiger charge is -2.20. The van der Waals surface area contributed by atoms with Crippen LogP contribution in [-0.4, -0.2) is 108 Å². The monoisotopic (exact) mass is 2020 g/mol. The van der Waals surface area contributed by atoms with E-state index in [9.17, 15) is 72.1 Å². The summed E-state index contributed by atoms with van der Waals surface area (Å²) in [7, 11) is -27.5. The standard InChI is InChI=1S/C22H39NO2S.C18H23NO4S2.C14H12O3S.C14H14O2S.2C13H12O2S.C12H8Cl2O2S/c1-2-3-4-5-6-7-8-9-10-11-12-13-14-15-20-26(24,25)22-18-16-21(23)17-19-22;1-4-19(13-24(20,21)17-9-5-15(2)6-10-17)14-25(22,23)18-11-7-16(3)8-12-18;15-14(12-7-3-1-4-8-12)11-18(16,17)13-9-5-2-6-10-13;1-11-3-7-13(8-4-11)17(15,16)14-9-5-12(2)6-10-14;1-11-7-5-6-10-13(11)16(14,15)12-8-3-2-4-9-12;1-11-7-9-13(10-8-11)16(14,15)12-5-3-2-4-6-12;13-9-1-5-11(6-2-9)17(15,16)12-7-3-10(14)4-8-12/h16-19H,2-15,20,23H2,1H3;5-12H,4,13-14H2,1-3H3;1-10H,11H2;3-10H,1-2H3;2*2-10H,1H3;1-8H. The summed E-state index contributed by atoms with van der Waals surface area (Å²) in [6.07, 6.45) is 17.8. The number of sulfone groups is 8. The molecule has 0 aromatic heterocycles. The first-order valence-corrected chi connectivity index (χ1v) is 57.4. The fourth-order valence-corrected chi connectivity index (χ4v) is 24.4. The third kappa shape index (κ3) is 36.8. The Balaban J connectivity index is 0.000000216. The molecule has 0 aliphatic rings. The van der Waals surface area contributed by atoms with Gasteiger partial charge in [0.05, 0.1) is 64.5 Å². The van der Waals surface area contributed by atoms with Crippen LogP contribution in [-0.2, 0) is 78.7 Å². The third-order valence-electron chi connectivity index (χ3n) is 21.2. The maximum absolute atomic E-state index is 12.5. The van der Waals surface area contributed by atoms with Crippen molar-refractivity contribution in [2.45, 2.75) is 204 Å². The highest BCUT2D eigenvalue weighted by Gasteiger charge is 2.27. The van der Waals surface area contributed by atoms with E-state index in [-0.39, 0.29) is 47.8 Å². The molecule has 0 heterocycles. The first-order valence-electron chi connectivity index (χ1n) is 44.1. The molecule has 29 heteroatoms. The second-order valence-electron chi connectivity index (χ2n) is 32.2. The smallest absolute Gasteiger partial charge is 0.206 e. The number of rotatable bonds is 35. The number of anilines is 1. The molecule has 0 atom stereocenters. The zero-order chi connectivity index (χ0) is 98.9. The van der Waals surface area contributed by atoms with Gasteiger partial charge in [-0.3, -0.25) is 9.69 Å². The summed E-state index contributed by atoms with van der Waals surface area (Å²) in [4.78, 5) is 16.7. The van der Waals surface area contributed by atoms with Crippen molar-refractivity contribution in [1.29, 1.82) is 0 Å². The lowest BCUT2D eigenvalue weighted by molar-refractivity contribution is 0.102. The van der Waals surface area contributed by atoms with Gasteiger partial charge in [0.25, 0.3) is 0 Å². The molecule has 13 aromatic carbocycles. The van der Waals surface area contributed by atoms with Gasteiger partial charge >= 0.3 is 0 Å². The van der Waals surface area contributed by atoms with Crippen molar-refractivity contribution in [3.8, 4) is 0 Å². The highest BCUT2D eigenvalue weighted by Crippen LogP contribution is 2.29. The Morgan fingerprint density at radius 1 is 0.259 bits per heavy atom. The number of halogens is 2. The number of Topliss-reactive ketones (excluding diaryl/α,β-unsaturated/α-hetero) is 1. The molecular weight excluding hydrogens is 1900 g/mol. The number of nitrogen functional groups attached to an aromatic ring is 1. The van der Waals surface area contributed by atoms with Gasteiger partial charge < -0.3 is 5.73 Å². The van der Waals surface area contributed by atoms with Gasteiger partial charge in [0.15, 0.2) is 45.1 Å². The van der Waals surface area contributed by atoms with E-state index in [0.717, 1.165) is 52.6 Å². The average molecular weight is 2020 g/mol. The summed E-state index contributed by atoms with van der Waals surface area (Å²) in [6, 6.07) is 92.8. The van der Waals surface area contributed by atoms with E-state index < -0.39 is 84.5 Å². The molecule has 0 saturated carbocycles. The number of unbranched alkanes of at least 4 members (excludes halogenated alkanes) is 13. The molecule has 0 bridgehead atoms. The first-order chi connectivity index (χ1) is 64.0. The number of benzene rings is 13. The Bertz CT molecular complexity index is 6530. The number of aryl methyl sites for hydroxylation is 6. The maximum Gasteiger partial charge on any atom is 0.206 e. The summed E-state index contributed by atoms with van der Waals surface area (Å²) in [5, 5.41) is 1.00. The van der Waals surface area contributed by atoms with E-state index in [0.29, 0.717) is 62.1 Å². The van der Waals surface area contributed by atoms with Crippen LogP contribution in [0.25, 0.3) is 0 Å². The van der Waals surface area contributed by atoms with Gasteiger partial charge in [-0.25, -0.2) is 67.3 Å². The second kappa shape index (κ2) is 54.4. The minimum Gasteiger partial charge on any atom is -0.399 e. The van der Waals surface area contributed by atoms with Crippen molar-refractivity contribution in [2.75, 3.05) is 35.5 Å². The zero-order valence-corrected chi connectivity index (χ0v) is 85.3. The highest BCUT2D eigenvalue weighted by atomic mass is 35.5. The van der Waals surface area contributed by atoms with Crippen molar-refractivity contribution in [1.82, 2.24) is 4.90 Å². The molecule has 0 aliphatic heterocycles. The van der Waals surface area contributed by atoms with Gasteiger partial charge in [0.1, 0.15) is 17.5 Å². The average Bonchev–Trinajstić information content (AvgIpc) is 0.807. The number of ketones is 1. The lowest BCUT2D eigenvalue weighted by atomic mass is 10.0. The van der Waals surface area contributed by atoms with E-state index in [2.05, 4.69) is 6.92 Å². The van der Waals surface area contributed by atoms with E-state index in [4.69, 9.17) is 28.9 Å². The van der Waals surface area contributed by atoms with Crippen LogP contribution in [0.3, 0.4) is 0 Å². The minimum atomic E-state index is -3.59. The second-order valence-corrected chi connectivity index (χ2v) is 48.9. The van der Waals surface area contributed by atoms with Gasteiger partial charge in [-0.2, -0.15) is 0 Å². The summed E-state index contributed by atoms with van der Waals surface area (Å²) < 4.78 is 196.